The van der Waals surface area contributed by atoms with Gasteiger partial charge in [-0.15, -0.1) is 0 Å². The Kier molecular flexibility index (Phi) is 3.89. The van der Waals surface area contributed by atoms with Crippen molar-refractivity contribution < 1.29 is 0 Å². The monoisotopic (exact) mass is 193 g/mol. The summed E-state index contributed by atoms with van der Waals surface area (Å²) < 4.78 is 1.96. The third-order valence-electron chi connectivity index (χ3n) is 2.11. The summed E-state index contributed by atoms with van der Waals surface area (Å²) in [4.78, 5) is 4.33. The van der Waals surface area contributed by atoms with Crippen LogP contribution in [0.15, 0.2) is 24.7 Å². The van der Waals surface area contributed by atoms with Gasteiger partial charge < -0.3 is 9.88 Å². The van der Waals surface area contributed by atoms with Crippen molar-refractivity contribution in [1.82, 2.24) is 14.9 Å². The van der Waals surface area contributed by atoms with Gasteiger partial charge >= 0.3 is 0 Å². The largest absolute Gasteiger partial charge is 0.340 e. The van der Waals surface area contributed by atoms with E-state index in [0.717, 1.165) is 24.2 Å². The minimum absolute atomic E-state index is 0.191. The molecule has 3 heteroatoms. The molecule has 1 unspecified atom stereocenters. The van der Waals surface area contributed by atoms with E-state index in [1.54, 1.807) is 0 Å². The Hall–Kier alpha value is -1.09. The Balaban J connectivity index is 2.72. The lowest BCUT2D eigenvalue weighted by Gasteiger charge is -2.16. The normalized spacial score (nSPS) is 12.8. The minimum atomic E-state index is 0.191. The van der Waals surface area contributed by atoms with Gasteiger partial charge in [0.05, 0.1) is 18.1 Å². The highest BCUT2D eigenvalue weighted by molar-refractivity contribution is 5.16. The first-order chi connectivity index (χ1) is 6.65. The van der Waals surface area contributed by atoms with Crippen LogP contribution in [0.5, 0.6) is 0 Å². The highest BCUT2D eigenvalue weighted by atomic mass is 15.0. The summed E-state index contributed by atoms with van der Waals surface area (Å²) in [6, 6.07) is 0.191. The second-order valence-corrected chi connectivity index (χ2v) is 3.70. The molecule has 1 aromatic rings. The summed E-state index contributed by atoms with van der Waals surface area (Å²) in [5.41, 5.74) is 2.16. The third kappa shape index (κ3) is 2.70. The lowest BCUT2D eigenvalue weighted by molar-refractivity contribution is 0.580. The van der Waals surface area contributed by atoms with Crippen LogP contribution in [0.3, 0.4) is 0 Å². The molecule has 14 heavy (non-hydrogen) atoms. The molecule has 1 atom stereocenters. The molecule has 1 rings (SSSR count). The standard InChI is InChI=1S/C11H19N3/c1-5-6-12-11(9(2)3)10-7-14(4)8-13-10/h7-8,11-12H,2,5-6H2,1,3-4H3. The molecule has 1 aromatic heterocycles. The first kappa shape index (κ1) is 11.0. The zero-order valence-electron chi connectivity index (χ0n) is 9.25. The minimum Gasteiger partial charge on any atom is -0.340 e. The number of nitrogens with zero attached hydrogens (tertiary/aromatic N) is 2. The van der Waals surface area contributed by atoms with Gasteiger partial charge in [0.2, 0.25) is 0 Å². The number of nitrogens with one attached hydrogen (secondary N) is 1. The average molecular weight is 193 g/mol. The molecule has 0 saturated heterocycles. The van der Waals surface area contributed by atoms with E-state index in [0.29, 0.717) is 0 Å². The van der Waals surface area contributed by atoms with Crippen molar-refractivity contribution in [3.63, 3.8) is 0 Å². The predicted octanol–water partition coefficient (Wildman–Crippen LogP) is 2.04. The molecule has 0 aliphatic carbocycles. The molecular weight excluding hydrogens is 174 g/mol. The SMILES string of the molecule is C=C(C)C(NCCC)c1cn(C)cn1. The lowest BCUT2D eigenvalue weighted by atomic mass is 10.1. The van der Waals surface area contributed by atoms with Crippen LogP contribution in [0.1, 0.15) is 32.0 Å². The molecule has 0 fully saturated rings. The van der Waals surface area contributed by atoms with E-state index in [9.17, 15) is 0 Å². The van der Waals surface area contributed by atoms with Gasteiger partial charge in [-0.2, -0.15) is 0 Å². The van der Waals surface area contributed by atoms with Crippen LogP contribution in [0, 0.1) is 0 Å². The fourth-order valence-electron chi connectivity index (χ4n) is 1.40. The van der Waals surface area contributed by atoms with E-state index < -0.39 is 0 Å². The zero-order valence-corrected chi connectivity index (χ0v) is 9.25. The topological polar surface area (TPSA) is 29.9 Å². The van der Waals surface area contributed by atoms with Crippen LogP contribution in [0.2, 0.25) is 0 Å². The maximum atomic E-state index is 4.33. The molecule has 0 bridgehead atoms. The molecule has 78 valence electrons. The Morgan fingerprint density at radius 1 is 1.71 bits per heavy atom. The van der Waals surface area contributed by atoms with Crippen LogP contribution >= 0.6 is 0 Å². The van der Waals surface area contributed by atoms with Gasteiger partial charge in [0.25, 0.3) is 0 Å². The smallest absolute Gasteiger partial charge is 0.0947 e. The molecule has 0 aliphatic heterocycles. The highest BCUT2D eigenvalue weighted by Crippen LogP contribution is 2.17. The van der Waals surface area contributed by atoms with Crippen LogP contribution in [-0.2, 0) is 7.05 Å². The molecule has 0 aliphatic rings. The fraction of sp³-hybridized carbons (Fsp3) is 0.545. The molecule has 0 aromatic carbocycles. The molecule has 0 spiro atoms. The Morgan fingerprint density at radius 2 is 2.43 bits per heavy atom. The number of aromatic nitrogens is 2. The van der Waals surface area contributed by atoms with Crippen molar-refractivity contribution in [2.75, 3.05) is 6.54 Å². The second kappa shape index (κ2) is 4.96. The summed E-state index contributed by atoms with van der Waals surface area (Å²) in [7, 11) is 1.98. The molecule has 3 nitrogen and oxygen atoms in total. The quantitative estimate of drug-likeness (QED) is 0.725. The number of aryl methyl sites for hydroxylation is 1. The van der Waals surface area contributed by atoms with Crippen molar-refractivity contribution in [1.29, 1.82) is 0 Å². The van der Waals surface area contributed by atoms with Gasteiger partial charge in [-0.1, -0.05) is 19.1 Å². The predicted molar refractivity (Wildman–Crippen MR) is 59.1 cm³/mol. The van der Waals surface area contributed by atoms with Gasteiger partial charge in [-0.3, -0.25) is 0 Å². The van der Waals surface area contributed by atoms with Crippen LogP contribution in [-0.4, -0.2) is 16.1 Å². The maximum absolute atomic E-state index is 4.33. The van der Waals surface area contributed by atoms with Crippen LogP contribution in [0.25, 0.3) is 0 Å². The van der Waals surface area contributed by atoms with Gasteiger partial charge in [0.1, 0.15) is 0 Å². The Labute approximate surface area is 85.8 Å². The van der Waals surface area contributed by atoms with Crippen LogP contribution in [0.4, 0.5) is 0 Å². The Morgan fingerprint density at radius 3 is 2.86 bits per heavy atom. The summed E-state index contributed by atoms with van der Waals surface area (Å²) in [6.07, 6.45) is 4.97. The Bertz CT molecular complexity index is 301. The first-order valence-corrected chi connectivity index (χ1v) is 5.01. The second-order valence-electron chi connectivity index (χ2n) is 3.70. The number of imidazole rings is 1. The highest BCUT2D eigenvalue weighted by Gasteiger charge is 2.13. The van der Waals surface area contributed by atoms with Crippen molar-refractivity contribution in [3.8, 4) is 0 Å². The molecular formula is C11H19N3. The average Bonchev–Trinajstić information content (AvgIpc) is 2.52. The molecule has 0 amide bonds. The molecule has 1 heterocycles. The van der Waals surface area contributed by atoms with Gasteiger partial charge in [0, 0.05) is 13.2 Å². The fourth-order valence-corrected chi connectivity index (χ4v) is 1.40. The summed E-state index contributed by atoms with van der Waals surface area (Å²) >= 11 is 0. The molecule has 0 radical (unpaired) electrons. The maximum Gasteiger partial charge on any atom is 0.0947 e. The van der Waals surface area contributed by atoms with Crippen molar-refractivity contribution in [3.05, 3.63) is 30.4 Å². The van der Waals surface area contributed by atoms with Gasteiger partial charge in [-0.05, 0) is 19.9 Å². The van der Waals surface area contributed by atoms with Crippen LogP contribution < -0.4 is 5.32 Å². The van der Waals surface area contributed by atoms with E-state index in [-0.39, 0.29) is 6.04 Å². The van der Waals surface area contributed by atoms with Crippen molar-refractivity contribution in [2.24, 2.45) is 7.05 Å². The third-order valence-corrected chi connectivity index (χ3v) is 2.11. The number of hydrogen-bond donors (Lipinski definition) is 1. The number of rotatable bonds is 5. The van der Waals surface area contributed by atoms with E-state index in [2.05, 4.69) is 23.8 Å². The van der Waals surface area contributed by atoms with E-state index in [4.69, 9.17) is 0 Å². The van der Waals surface area contributed by atoms with E-state index in [1.807, 2.05) is 31.1 Å². The molecule has 1 N–H and O–H groups in total. The zero-order chi connectivity index (χ0) is 10.6. The van der Waals surface area contributed by atoms with E-state index in [1.165, 1.54) is 0 Å². The van der Waals surface area contributed by atoms with E-state index >= 15 is 0 Å². The van der Waals surface area contributed by atoms with Crippen molar-refractivity contribution in [2.45, 2.75) is 26.3 Å². The van der Waals surface area contributed by atoms with Gasteiger partial charge in [-0.25, -0.2) is 4.98 Å². The lowest BCUT2D eigenvalue weighted by Crippen LogP contribution is -2.23. The first-order valence-electron chi connectivity index (χ1n) is 5.01. The summed E-state index contributed by atoms with van der Waals surface area (Å²) in [6.45, 7) is 9.16. The van der Waals surface area contributed by atoms with Gasteiger partial charge in [0.15, 0.2) is 0 Å². The summed E-state index contributed by atoms with van der Waals surface area (Å²) in [5.74, 6) is 0. The number of hydrogen-bond acceptors (Lipinski definition) is 2. The summed E-state index contributed by atoms with van der Waals surface area (Å²) in [5, 5.41) is 3.42. The molecule has 0 saturated carbocycles. The van der Waals surface area contributed by atoms with Crippen molar-refractivity contribution >= 4 is 0 Å².